The highest BCUT2D eigenvalue weighted by atomic mass is 79.9. The van der Waals surface area contributed by atoms with Crippen LogP contribution in [0, 0.1) is 0 Å². The highest BCUT2D eigenvalue weighted by Crippen LogP contribution is 2.20. The average Bonchev–Trinajstić information content (AvgIpc) is 2.24. The van der Waals surface area contributed by atoms with E-state index in [-0.39, 0.29) is 5.91 Å². The van der Waals surface area contributed by atoms with Crippen LogP contribution in [0.3, 0.4) is 0 Å². The van der Waals surface area contributed by atoms with Crippen molar-refractivity contribution in [3.63, 3.8) is 0 Å². The van der Waals surface area contributed by atoms with Gasteiger partial charge in [0, 0.05) is 22.1 Å². The summed E-state index contributed by atoms with van der Waals surface area (Å²) in [6, 6.07) is 3.86. The summed E-state index contributed by atoms with van der Waals surface area (Å²) < 4.78 is 0.671. The molecule has 0 aliphatic rings. The third-order valence-electron chi connectivity index (χ3n) is 2.37. The Bertz CT molecular complexity index is 444. The molecule has 0 aromatic heterocycles. The lowest BCUT2D eigenvalue weighted by Crippen LogP contribution is -2.40. The predicted molar refractivity (Wildman–Crippen MR) is 68.3 cm³/mol. The van der Waals surface area contributed by atoms with Gasteiger partial charge in [0.1, 0.15) is 6.04 Å². The van der Waals surface area contributed by atoms with Crippen molar-refractivity contribution >= 4 is 39.4 Å². The van der Waals surface area contributed by atoms with Crippen molar-refractivity contribution in [2.75, 3.05) is 7.05 Å². The molecular weight excluding hydrogens is 309 g/mol. The van der Waals surface area contributed by atoms with Gasteiger partial charge < -0.3 is 10.0 Å². The van der Waals surface area contributed by atoms with Crippen molar-refractivity contribution < 1.29 is 14.7 Å². The minimum absolute atomic E-state index is 0.347. The maximum absolute atomic E-state index is 12.0. The molecular formula is C11H11BrClNO3. The van der Waals surface area contributed by atoms with Gasteiger partial charge in [0.2, 0.25) is 0 Å². The normalized spacial score (nSPS) is 12.0. The molecule has 4 nitrogen and oxygen atoms in total. The number of rotatable bonds is 3. The second-order valence-corrected chi connectivity index (χ2v) is 4.94. The van der Waals surface area contributed by atoms with Gasteiger partial charge in [0.05, 0.1) is 0 Å². The summed E-state index contributed by atoms with van der Waals surface area (Å²) in [5, 5.41) is 9.24. The number of hydrogen-bond donors (Lipinski definition) is 1. The number of aliphatic carboxylic acids is 1. The number of amides is 1. The summed E-state index contributed by atoms with van der Waals surface area (Å²) in [4.78, 5) is 23.9. The number of halogens is 2. The van der Waals surface area contributed by atoms with Crippen molar-refractivity contribution in [2.45, 2.75) is 13.0 Å². The zero-order chi connectivity index (χ0) is 13.2. The molecule has 6 heteroatoms. The van der Waals surface area contributed by atoms with Crippen LogP contribution in [0.2, 0.25) is 5.02 Å². The fraction of sp³-hybridized carbons (Fsp3) is 0.273. The van der Waals surface area contributed by atoms with Gasteiger partial charge in [-0.15, -0.1) is 0 Å². The third kappa shape index (κ3) is 3.44. The number of carbonyl (C=O) groups is 2. The molecule has 0 heterocycles. The number of carboxylic acids is 1. The summed E-state index contributed by atoms with van der Waals surface area (Å²) in [7, 11) is 1.44. The van der Waals surface area contributed by atoms with Gasteiger partial charge >= 0.3 is 5.97 Å². The maximum atomic E-state index is 12.0. The van der Waals surface area contributed by atoms with Crippen molar-refractivity contribution in [3.05, 3.63) is 33.3 Å². The van der Waals surface area contributed by atoms with Crippen LogP contribution in [0.15, 0.2) is 22.7 Å². The predicted octanol–water partition coefficient (Wildman–Crippen LogP) is 2.65. The SMILES string of the molecule is CC(C(=O)O)N(C)C(=O)c1cc(Cl)cc(Br)c1. The summed E-state index contributed by atoms with van der Waals surface area (Å²) in [5.74, 6) is -1.44. The molecule has 0 spiro atoms. The standard InChI is InChI=1S/C11H11BrClNO3/c1-6(11(16)17)14(2)10(15)7-3-8(12)5-9(13)4-7/h3-6H,1-2H3,(H,16,17). The van der Waals surface area contributed by atoms with E-state index in [1.54, 1.807) is 12.1 Å². The Labute approximate surface area is 112 Å². The molecule has 1 aromatic rings. The van der Waals surface area contributed by atoms with Crippen LogP contribution in [-0.2, 0) is 4.79 Å². The van der Waals surface area contributed by atoms with E-state index in [9.17, 15) is 9.59 Å². The largest absolute Gasteiger partial charge is 0.480 e. The molecule has 1 rings (SSSR count). The average molecular weight is 321 g/mol. The minimum atomic E-state index is -1.05. The van der Waals surface area contributed by atoms with Gasteiger partial charge in [0.25, 0.3) is 5.91 Å². The van der Waals surface area contributed by atoms with Gasteiger partial charge in [-0.05, 0) is 25.1 Å². The number of hydrogen-bond acceptors (Lipinski definition) is 2. The molecule has 0 fully saturated rings. The van der Waals surface area contributed by atoms with E-state index in [1.165, 1.54) is 20.0 Å². The Balaban J connectivity index is 3.00. The molecule has 0 aliphatic heterocycles. The van der Waals surface area contributed by atoms with Crippen LogP contribution in [0.25, 0.3) is 0 Å². The van der Waals surface area contributed by atoms with Gasteiger partial charge in [-0.3, -0.25) is 4.79 Å². The highest BCUT2D eigenvalue weighted by molar-refractivity contribution is 9.10. The number of nitrogens with zero attached hydrogens (tertiary/aromatic N) is 1. The first kappa shape index (κ1) is 14.0. The second kappa shape index (κ2) is 5.51. The zero-order valence-electron chi connectivity index (χ0n) is 9.28. The topological polar surface area (TPSA) is 57.6 Å². The Morgan fingerprint density at radius 2 is 2.00 bits per heavy atom. The zero-order valence-corrected chi connectivity index (χ0v) is 11.6. The lowest BCUT2D eigenvalue weighted by molar-refractivity contribution is -0.141. The Morgan fingerprint density at radius 1 is 1.41 bits per heavy atom. The third-order valence-corrected chi connectivity index (χ3v) is 3.04. The van der Waals surface area contributed by atoms with Crippen molar-refractivity contribution in [2.24, 2.45) is 0 Å². The lowest BCUT2D eigenvalue weighted by Gasteiger charge is -2.21. The van der Waals surface area contributed by atoms with E-state index >= 15 is 0 Å². The Hall–Kier alpha value is -1.07. The summed E-state index contributed by atoms with van der Waals surface area (Å²) >= 11 is 9.05. The van der Waals surface area contributed by atoms with Crippen LogP contribution < -0.4 is 0 Å². The monoisotopic (exact) mass is 319 g/mol. The Morgan fingerprint density at radius 3 is 2.47 bits per heavy atom. The van der Waals surface area contributed by atoms with E-state index in [2.05, 4.69) is 15.9 Å². The first-order chi connectivity index (χ1) is 7.82. The van der Waals surface area contributed by atoms with Crippen LogP contribution in [0.1, 0.15) is 17.3 Å². The number of carbonyl (C=O) groups excluding carboxylic acids is 1. The molecule has 17 heavy (non-hydrogen) atoms. The van der Waals surface area contributed by atoms with Crippen LogP contribution in [0.4, 0.5) is 0 Å². The first-order valence-electron chi connectivity index (χ1n) is 4.79. The quantitative estimate of drug-likeness (QED) is 0.931. The van der Waals surface area contributed by atoms with Gasteiger partial charge in [-0.25, -0.2) is 4.79 Å². The fourth-order valence-electron chi connectivity index (χ4n) is 1.22. The van der Waals surface area contributed by atoms with E-state index in [0.29, 0.717) is 15.1 Å². The molecule has 0 bridgehead atoms. The van der Waals surface area contributed by atoms with E-state index < -0.39 is 12.0 Å². The number of carboxylic acid groups (broad SMARTS) is 1. The molecule has 92 valence electrons. The van der Waals surface area contributed by atoms with Gasteiger partial charge in [-0.1, -0.05) is 27.5 Å². The van der Waals surface area contributed by atoms with Gasteiger partial charge in [-0.2, -0.15) is 0 Å². The summed E-state index contributed by atoms with van der Waals surface area (Å²) in [5.41, 5.74) is 0.347. The lowest BCUT2D eigenvalue weighted by atomic mass is 10.2. The molecule has 1 amide bonds. The van der Waals surface area contributed by atoms with Crippen LogP contribution in [-0.4, -0.2) is 35.0 Å². The molecule has 1 unspecified atom stereocenters. The smallest absolute Gasteiger partial charge is 0.326 e. The number of benzene rings is 1. The molecule has 0 saturated carbocycles. The molecule has 0 radical (unpaired) electrons. The molecule has 1 N–H and O–H groups in total. The van der Waals surface area contributed by atoms with E-state index in [0.717, 1.165) is 4.90 Å². The van der Waals surface area contributed by atoms with Crippen molar-refractivity contribution in [1.82, 2.24) is 4.90 Å². The fourth-order valence-corrected chi connectivity index (χ4v) is 2.08. The second-order valence-electron chi connectivity index (χ2n) is 3.59. The van der Waals surface area contributed by atoms with Crippen molar-refractivity contribution in [3.8, 4) is 0 Å². The molecule has 0 aliphatic carbocycles. The van der Waals surface area contributed by atoms with Gasteiger partial charge in [0.15, 0.2) is 0 Å². The highest BCUT2D eigenvalue weighted by Gasteiger charge is 2.23. The van der Waals surface area contributed by atoms with Crippen LogP contribution >= 0.6 is 27.5 Å². The van der Waals surface area contributed by atoms with Crippen LogP contribution in [0.5, 0.6) is 0 Å². The van der Waals surface area contributed by atoms with E-state index in [4.69, 9.17) is 16.7 Å². The molecule has 1 aromatic carbocycles. The van der Waals surface area contributed by atoms with E-state index in [1.807, 2.05) is 0 Å². The maximum Gasteiger partial charge on any atom is 0.326 e. The Kier molecular flexibility index (Phi) is 4.54. The summed E-state index contributed by atoms with van der Waals surface area (Å²) in [6.07, 6.45) is 0. The first-order valence-corrected chi connectivity index (χ1v) is 5.96. The number of likely N-dealkylation sites (N-methyl/N-ethyl adjacent to an activating group) is 1. The minimum Gasteiger partial charge on any atom is -0.480 e. The molecule has 1 atom stereocenters. The molecule has 0 saturated heterocycles. The summed E-state index contributed by atoms with van der Waals surface area (Å²) in [6.45, 7) is 1.44. The van der Waals surface area contributed by atoms with Crippen molar-refractivity contribution in [1.29, 1.82) is 0 Å².